The Labute approximate surface area is 143 Å². The van der Waals surface area contributed by atoms with Crippen LogP contribution < -0.4 is 4.74 Å². The summed E-state index contributed by atoms with van der Waals surface area (Å²) in [7, 11) is 0. The highest BCUT2D eigenvalue weighted by Gasteiger charge is 2.20. The maximum atomic E-state index is 11.4. The van der Waals surface area contributed by atoms with E-state index in [-0.39, 0.29) is 12.1 Å². The maximum absolute atomic E-state index is 11.4. The number of fused-ring (bicyclic) bond motifs is 1. The lowest BCUT2D eigenvalue weighted by atomic mass is 10.1. The van der Waals surface area contributed by atoms with E-state index in [4.69, 9.17) is 9.47 Å². The second kappa shape index (κ2) is 8.15. The normalized spacial score (nSPS) is 16.7. The molecule has 0 aliphatic carbocycles. The molecule has 1 heterocycles. The Morgan fingerprint density at radius 2 is 1.83 bits per heavy atom. The van der Waals surface area contributed by atoms with Crippen molar-refractivity contribution in [1.29, 1.82) is 0 Å². The van der Waals surface area contributed by atoms with E-state index in [1.165, 1.54) is 26.2 Å². The standard InChI is InChI=1S/C20H25NO3/c1-16(22)24-18(14-21-12-5-2-6-13-21)15-23-20-11-7-9-17-8-3-4-10-19(17)20/h3-4,7-11,18H,2,5-6,12-15H2,1H3. The van der Waals surface area contributed by atoms with Gasteiger partial charge >= 0.3 is 5.97 Å². The largest absolute Gasteiger partial charge is 0.489 e. The first kappa shape index (κ1) is 16.8. The smallest absolute Gasteiger partial charge is 0.303 e. The molecule has 0 N–H and O–H groups in total. The average Bonchev–Trinajstić information content (AvgIpc) is 2.60. The van der Waals surface area contributed by atoms with Gasteiger partial charge in [0.1, 0.15) is 18.5 Å². The van der Waals surface area contributed by atoms with Crippen LogP contribution >= 0.6 is 0 Å². The minimum atomic E-state index is -0.251. The molecule has 0 spiro atoms. The van der Waals surface area contributed by atoms with E-state index >= 15 is 0 Å². The molecule has 1 aliphatic rings. The lowest BCUT2D eigenvalue weighted by Crippen LogP contribution is -2.40. The van der Waals surface area contributed by atoms with E-state index < -0.39 is 0 Å². The van der Waals surface area contributed by atoms with Gasteiger partial charge in [-0.3, -0.25) is 9.69 Å². The van der Waals surface area contributed by atoms with Crippen molar-refractivity contribution in [1.82, 2.24) is 4.90 Å². The number of piperidine rings is 1. The van der Waals surface area contributed by atoms with Gasteiger partial charge < -0.3 is 9.47 Å². The van der Waals surface area contributed by atoms with Crippen molar-refractivity contribution in [2.24, 2.45) is 0 Å². The van der Waals surface area contributed by atoms with Crippen LogP contribution in [0.15, 0.2) is 42.5 Å². The molecule has 0 aromatic heterocycles. The summed E-state index contributed by atoms with van der Waals surface area (Å²) in [4.78, 5) is 13.8. The van der Waals surface area contributed by atoms with E-state index in [9.17, 15) is 4.79 Å². The summed E-state index contributed by atoms with van der Waals surface area (Å²) in [5, 5.41) is 2.23. The van der Waals surface area contributed by atoms with Crippen LogP contribution in [0.2, 0.25) is 0 Å². The number of rotatable bonds is 6. The number of hydrogen-bond donors (Lipinski definition) is 0. The Morgan fingerprint density at radius 1 is 1.08 bits per heavy atom. The summed E-state index contributed by atoms with van der Waals surface area (Å²) < 4.78 is 11.5. The van der Waals surface area contributed by atoms with Crippen LogP contribution in [0.5, 0.6) is 5.75 Å². The Balaban J connectivity index is 1.66. The van der Waals surface area contributed by atoms with E-state index in [2.05, 4.69) is 23.1 Å². The predicted octanol–water partition coefficient (Wildman–Crippen LogP) is 3.64. The number of hydrogen-bond acceptors (Lipinski definition) is 4. The van der Waals surface area contributed by atoms with Crippen LogP contribution in [-0.2, 0) is 9.53 Å². The summed E-state index contributed by atoms with van der Waals surface area (Å²) in [6.45, 7) is 4.73. The number of carbonyl (C=O) groups is 1. The third-order valence-electron chi connectivity index (χ3n) is 4.42. The van der Waals surface area contributed by atoms with Gasteiger partial charge in [0.2, 0.25) is 0 Å². The van der Waals surface area contributed by atoms with Crippen LogP contribution in [-0.4, -0.2) is 43.2 Å². The van der Waals surface area contributed by atoms with Gasteiger partial charge in [-0.1, -0.05) is 42.8 Å². The van der Waals surface area contributed by atoms with E-state index in [0.717, 1.165) is 36.2 Å². The van der Waals surface area contributed by atoms with Crippen molar-refractivity contribution in [3.8, 4) is 5.75 Å². The van der Waals surface area contributed by atoms with Crippen molar-refractivity contribution < 1.29 is 14.3 Å². The molecule has 1 atom stereocenters. The van der Waals surface area contributed by atoms with Crippen molar-refractivity contribution in [3.05, 3.63) is 42.5 Å². The van der Waals surface area contributed by atoms with Gasteiger partial charge in [0, 0.05) is 18.9 Å². The average molecular weight is 327 g/mol. The number of benzene rings is 2. The molecule has 24 heavy (non-hydrogen) atoms. The second-order valence-electron chi connectivity index (χ2n) is 6.38. The van der Waals surface area contributed by atoms with Crippen LogP contribution in [0.1, 0.15) is 26.2 Å². The van der Waals surface area contributed by atoms with Gasteiger partial charge in [-0.15, -0.1) is 0 Å². The molecule has 2 aromatic carbocycles. The molecule has 1 aliphatic heterocycles. The fourth-order valence-corrected chi connectivity index (χ4v) is 3.29. The molecule has 128 valence electrons. The number of likely N-dealkylation sites (tertiary alicyclic amines) is 1. The van der Waals surface area contributed by atoms with Crippen molar-refractivity contribution in [3.63, 3.8) is 0 Å². The van der Waals surface area contributed by atoms with Crippen LogP contribution in [0, 0.1) is 0 Å². The first-order chi connectivity index (χ1) is 11.7. The predicted molar refractivity (Wildman–Crippen MR) is 95.3 cm³/mol. The SMILES string of the molecule is CC(=O)OC(COc1cccc2ccccc12)CN1CCCCC1. The Morgan fingerprint density at radius 3 is 2.62 bits per heavy atom. The molecule has 0 radical (unpaired) electrons. The third kappa shape index (κ3) is 4.48. The number of ether oxygens (including phenoxy) is 2. The highest BCUT2D eigenvalue weighted by atomic mass is 16.6. The minimum Gasteiger partial charge on any atom is -0.489 e. The maximum Gasteiger partial charge on any atom is 0.303 e. The van der Waals surface area contributed by atoms with Gasteiger partial charge in [-0.25, -0.2) is 0 Å². The molecule has 1 saturated heterocycles. The highest BCUT2D eigenvalue weighted by molar-refractivity contribution is 5.88. The zero-order valence-electron chi connectivity index (χ0n) is 14.2. The summed E-state index contributed by atoms with van der Waals surface area (Å²) in [6, 6.07) is 14.2. The molecule has 2 aromatic rings. The fourth-order valence-electron chi connectivity index (χ4n) is 3.29. The van der Waals surface area contributed by atoms with Crippen LogP contribution in [0.4, 0.5) is 0 Å². The number of carbonyl (C=O) groups excluding carboxylic acids is 1. The number of nitrogens with zero attached hydrogens (tertiary/aromatic N) is 1. The Kier molecular flexibility index (Phi) is 5.70. The molecular weight excluding hydrogens is 302 g/mol. The van der Waals surface area contributed by atoms with Crippen molar-refractivity contribution in [2.75, 3.05) is 26.2 Å². The van der Waals surface area contributed by atoms with Gasteiger partial charge in [0.15, 0.2) is 0 Å². The molecular formula is C20H25NO3. The minimum absolute atomic E-state index is 0.237. The third-order valence-corrected chi connectivity index (χ3v) is 4.42. The molecule has 4 nitrogen and oxygen atoms in total. The summed E-state index contributed by atoms with van der Waals surface area (Å²) in [5.41, 5.74) is 0. The molecule has 0 saturated carbocycles. The molecule has 0 amide bonds. The molecule has 0 bridgehead atoms. The van der Waals surface area contributed by atoms with Crippen LogP contribution in [0.25, 0.3) is 10.8 Å². The quantitative estimate of drug-likeness (QED) is 0.759. The first-order valence-corrected chi connectivity index (χ1v) is 8.72. The van der Waals surface area contributed by atoms with Gasteiger partial charge in [-0.2, -0.15) is 0 Å². The number of esters is 1. The highest BCUT2D eigenvalue weighted by Crippen LogP contribution is 2.25. The Bertz CT molecular complexity index is 674. The van der Waals surface area contributed by atoms with Crippen LogP contribution in [0.3, 0.4) is 0 Å². The molecule has 3 rings (SSSR count). The zero-order chi connectivity index (χ0) is 16.8. The second-order valence-corrected chi connectivity index (χ2v) is 6.38. The molecule has 1 fully saturated rings. The van der Waals surface area contributed by atoms with Gasteiger partial charge in [-0.05, 0) is 37.4 Å². The lowest BCUT2D eigenvalue weighted by Gasteiger charge is -2.30. The van der Waals surface area contributed by atoms with E-state index in [1.54, 1.807) is 0 Å². The fraction of sp³-hybridized carbons (Fsp3) is 0.450. The van der Waals surface area contributed by atoms with Gasteiger partial charge in [0.05, 0.1) is 0 Å². The van der Waals surface area contributed by atoms with Crippen molar-refractivity contribution >= 4 is 16.7 Å². The lowest BCUT2D eigenvalue weighted by molar-refractivity contribution is -0.149. The van der Waals surface area contributed by atoms with Crippen molar-refractivity contribution in [2.45, 2.75) is 32.3 Å². The Hall–Kier alpha value is -2.07. The van der Waals surface area contributed by atoms with E-state index in [1.807, 2.05) is 24.3 Å². The summed E-state index contributed by atoms with van der Waals surface area (Å²) >= 11 is 0. The van der Waals surface area contributed by atoms with E-state index in [0.29, 0.717) is 6.61 Å². The first-order valence-electron chi connectivity index (χ1n) is 8.72. The summed E-state index contributed by atoms with van der Waals surface area (Å²) in [6.07, 6.45) is 3.49. The molecule has 1 unspecified atom stereocenters. The van der Waals surface area contributed by atoms with Gasteiger partial charge in [0.25, 0.3) is 0 Å². The molecule has 4 heteroatoms. The monoisotopic (exact) mass is 327 g/mol. The summed E-state index contributed by atoms with van der Waals surface area (Å²) in [5.74, 6) is 0.586. The topological polar surface area (TPSA) is 38.8 Å². The zero-order valence-corrected chi connectivity index (χ0v) is 14.2.